The van der Waals surface area contributed by atoms with Gasteiger partial charge >= 0.3 is 0 Å². The second-order valence-corrected chi connectivity index (χ2v) is 4.44. The van der Waals surface area contributed by atoms with Crippen LogP contribution in [0.1, 0.15) is 17.7 Å². The molecule has 1 aliphatic carbocycles. The second kappa shape index (κ2) is 4.29. The Balaban J connectivity index is 2.03. The Morgan fingerprint density at radius 2 is 1.89 bits per heavy atom. The first kappa shape index (κ1) is 11.0. The number of fused-ring (bicyclic) bond motifs is 1. The van der Waals surface area contributed by atoms with Crippen LogP contribution >= 0.6 is 0 Å². The van der Waals surface area contributed by atoms with E-state index < -0.39 is 0 Å². The molecule has 0 atom stereocenters. The summed E-state index contributed by atoms with van der Waals surface area (Å²) < 4.78 is 5.14. The van der Waals surface area contributed by atoms with Crippen LogP contribution in [0, 0.1) is 0 Å². The van der Waals surface area contributed by atoms with Gasteiger partial charge in [-0.05, 0) is 43.5 Å². The molecular formula is C14H15N3O. The Kier molecular flexibility index (Phi) is 2.63. The van der Waals surface area contributed by atoms with Crippen molar-refractivity contribution in [2.24, 2.45) is 0 Å². The quantitative estimate of drug-likeness (QED) is 0.875. The number of hydrogen-bond acceptors (Lipinski definition) is 4. The van der Waals surface area contributed by atoms with Crippen LogP contribution in [-0.4, -0.2) is 17.1 Å². The molecule has 4 heteroatoms. The molecule has 1 aliphatic rings. The molecule has 4 nitrogen and oxygen atoms in total. The fourth-order valence-corrected chi connectivity index (χ4v) is 2.33. The van der Waals surface area contributed by atoms with E-state index in [0.717, 1.165) is 41.8 Å². The Morgan fingerprint density at radius 3 is 2.61 bits per heavy atom. The van der Waals surface area contributed by atoms with Crippen LogP contribution in [0.25, 0.3) is 11.4 Å². The predicted octanol–water partition coefficient (Wildman–Crippen LogP) is 2.22. The molecule has 2 aromatic rings. The van der Waals surface area contributed by atoms with Crippen molar-refractivity contribution in [1.29, 1.82) is 0 Å². The SMILES string of the molecule is COc1ccc(-c2nc(N)c3c(n2)CCC3)cc1. The summed E-state index contributed by atoms with van der Waals surface area (Å²) in [7, 11) is 1.65. The number of methoxy groups -OCH3 is 1. The number of aryl methyl sites for hydroxylation is 1. The maximum absolute atomic E-state index is 5.99. The van der Waals surface area contributed by atoms with Gasteiger partial charge in [0.25, 0.3) is 0 Å². The lowest BCUT2D eigenvalue weighted by atomic mass is 10.2. The minimum absolute atomic E-state index is 0.628. The second-order valence-electron chi connectivity index (χ2n) is 4.44. The standard InChI is InChI=1S/C14H15N3O/c1-18-10-7-5-9(6-8-10)14-16-12-4-2-3-11(12)13(15)17-14/h5-8H,2-4H2,1H3,(H2,15,16,17). The summed E-state index contributed by atoms with van der Waals surface area (Å²) in [5.74, 6) is 2.16. The third-order valence-corrected chi connectivity index (χ3v) is 3.31. The van der Waals surface area contributed by atoms with Crippen molar-refractivity contribution in [3.63, 3.8) is 0 Å². The Bertz CT molecular complexity index is 578. The van der Waals surface area contributed by atoms with Gasteiger partial charge in [-0.25, -0.2) is 9.97 Å². The fraction of sp³-hybridized carbons (Fsp3) is 0.286. The number of hydrogen-bond donors (Lipinski definition) is 1. The molecule has 1 heterocycles. The van der Waals surface area contributed by atoms with Crippen LogP contribution in [0.4, 0.5) is 5.82 Å². The van der Waals surface area contributed by atoms with Crippen molar-refractivity contribution >= 4 is 5.82 Å². The monoisotopic (exact) mass is 241 g/mol. The number of benzene rings is 1. The van der Waals surface area contributed by atoms with E-state index in [1.807, 2.05) is 24.3 Å². The van der Waals surface area contributed by atoms with Crippen LogP contribution in [0.2, 0.25) is 0 Å². The molecule has 0 bridgehead atoms. The molecule has 2 N–H and O–H groups in total. The Morgan fingerprint density at radius 1 is 1.11 bits per heavy atom. The molecule has 0 radical (unpaired) electrons. The summed E-state index contributed by atoms with van der Waals surface area (Å²) in [5.41, 5.74) is 9.20. The lowest BCUT2D eigenvalue weighted by molar-refractivity contribution is 0.415. The molecule has 0 spiro atoms. The zero-order chi connectivity index (χ0) is 12.5. The highest BCUT2D eigenvalue weighted by Gasteiger charge is 2.18. The fourth-order valence-electron chi connectivity index (χ4n) is 2.33. The number of nitrogens with two attached hydrogens (primary N) is 1. The molecule has 1 aromatic heterocycles. The van der Waals surface area contributed by atoms with E-state index in [0.29, 0.717) is 11.6 Å². The largest absolute Gasteiger partial charge is 0.497 e. The zero-order valence-corrected chi connectivity index (χ0v) is 10.3. The van der Waals surface area contributed by atoms with Crippen molar-refractivity contribution in [3.05, 3.63) is 35.5 Å². The molecule has 0 aliphatic heterocycles. The molecule has 3 rings (SSSR count). The minimum atomic E-state index is 0.628. The molecule has 0 unspecified atom stereocenters. The van der Waals surface area contributed by atoms with Gasteiger partial charge in [-0.3, -0.25) is 0 Å². The molecule has 92 valence electrons. The average molecular weight is 241 g/mol. The number of nitrogen functional groups attached to an aromatic ring is 1. The van der Waals surface area contributed by atoms with Gasteiger partial charge in [0.15, 0.2) is 5.82 Å². The van der Waals surface area contributed by atoms with E-state index in [9.17, 15) is 0 Å². The average Bonchev–Trinajstić information content (AvgIpc) is 2.88. The van der Waals surface area contributed by atoms with Gasteiger partial charge in [0.1, 0.15) is 11.6 Å². The van der Waals surface area contributed by atoms with Gasteiger partial charge in [-0.2, -0.15) is 0 Å². The van der Waals surface area contributed by atoms with Crippen LogP contribution < -0.4 is 10.5 Å². The highest BCUT2D eigenvalue weighted by molar-refractivity contribution is 5.60. The predicted molar refractivity (Wildman–Crippen MR) is 70.5 cm³/mol. The lowest BCUT2D eigenvalue weighted by Gasteiger charge is -2.07. The molecule has 0 saturated carbocycles. The summed E-state index contributed by atoms with van der Waals surface area (Å²) in [5, 5.41) is 0. The van der Waals surface area contributed by atoms with E-state index in [1.54, 1.807) is 7.11 Å². The summed E-state index contributed by atoms with van der Waals surface area (Å²) >= 11 is 0. The van der Waals surface area contributed by atoms with E-state index in [2.05, 4.69) is 9.97 Å². The van der Waals surface area contributed by atoms with E-state index >= 15 is 0 Å². The van der Waals surface area contributed by atoms with Gasteiger partial charge in [-0.15, -0.1) is 0 Å². The van der Waals surface area contributed by atoms with Crippen molar-refractivity contribution in [3.8, 4) is 17.1 Å². The van der Waals surface area contributed by atoms with Crippen molar-refractivity contribution < 1.29 is 4.74 Å². The van der Waals surface area contributed by atoms with Crippen LogP contribution in [0.5, 0.6) is 5.75 Å². The van der Waals surface area contributed by atoms with Crippen LogP contribution in [-0.2, 0) is 12.8 Å². The van der Waals surface area contributed by atoms with Crippen molar-refractivity contribution in [2.45, 2.75) is 19.3 Å². The summed E-state index contributed by atoms with van der Waals surface area (Å²) in [6.07, 6.45) is 3.13. The number of nitrogens with zero attached hydrogens (tertiary/aromatic N) is 2. The molecule has 0 fully saturated rings. The Labute approximate surface area is 106 Å². The normalized spacial score (nSPS) is 13.4. The van der Waals surface area contributed by atoms with Gasteiger partial charge in [-0.1, -0.05) is 0 Å². The maximum Gasteiger partial charge on any atom is 0.161 e. The number of ether oxygens (including phenoxy) is 1. The third-order valence-electron chi connectivity index (χ3n) is 3.31. The topological polar surface area (TPSA) is 61.0 Å². The van der Waals surface area contributed by atoms with E-state index in [-0.39, 0.29) is 0 Å². The van der Waals surface area contributed by atoms with Crippen LogP contribution in [0.15, 0.2) is 24.3 Å². The van der Waals surface area contributed by atoms with Crippen LogP contribution in [0.3, 0.4) is 0 Å². The molecule has 0 saturated heterocycles. The van der Waals surface area contributed by atoms with Crippen molar-refractivity contribution in [2.75, 3.05) is 12.8 Å². The molecular weight excluding hydrogens is 226 g/mol. The first-order chi connectivity index (χ1) is 8.78. The molecule has 0 amide bonds. The smallest absolute Gasteiger partial charge is 0.161 e. The number of anilines is 1. The first-order valence-electron chi connectivity index (χ1n) is 6.07. The minimum Gasteiger partial charge on any atom is -0.497 e. The first-order valence-corrected chi connectivity index (χ1v) is 6.07. The number of rotatable bonds is 2. The zero-order valence-electron chi connectivity index (χ0n) is 10.3. The lowest BCUT2D eigenvalue weighted by Crippen LogP contribution is -2.02. The molecule has 18 heavy (non-hydrogen) atoms. The summed E-state index contributed by atoms with van der Waals surface area (Å²) in [6.45, 7) is 0. The van der Waals surface area contributed by atoms with E-state index in [1.165, 1.54) is 0 Å². The Hall–Kier alpha value is -2.10. The highest BCUT2D eigenvalue weighted by Crippen LogP contribution is 2.28. The van der Waals surface area contributed by atoms with Gasteiger partial charge in [0.05, 0.1) is 7.11 Å². The summed E-state index contributed by atoms with van der Waals surface area (Å²) in [6, 6.07) is 7.72. The van der Waals surface area contributed by atoms with E-state index in [4.69, 9.17) is 10.5 Å². The maximum atomic E-state index is 5.99. The van der Waals surface area contributed by atoms with Gasteiger partial charge in [0, 0.05) is 16.8 Å². The summed E-state index contributed by atoms with van der Waals surface area (Å²) in [4.78, 5) is 9.00. The van der Waals surface area contributed by atoms with Crippen molar-refractivity contribution in [1.82, 2.24) is 9.97 Å². The van der Waals surface area contributed by atoms with Gasteiger partial charge in [0.2, 0.25) is 0 Å². The highest BCUT2D eigenvalue weighted by atomic mass is 16.5. The molecule has 1 aromatic carbocycles. The third kappa shape index (κ3) is 1.79. The number of aromatic nitrogens is 2. The van der Waals surface area contributed by atoms with Gasteiger partial charge < -0.3 is 10.5 Å².